The molecule has 11 heteroatoms. The molecule has 0 bridgehead atoms. The van der Waals surface area contributed by atoms with Gasteiger partial charge < -0.3 is 18.9 Å². The third-order valence-corrected chi connectivity index (χ3v) is 6.47. The van der Waals surface area contributed by atoms with Crippen LogP contribution in [0.2, 0.25) is 0 Å². The van der Waals surface area contributed by atoms with Crippen LogP contribution in [0.25, 0.3) is 21.8 Å². The van der Waals surface area contributed by atoms with Crippen LogP contribution in [0.3, 0.4) is 0 Å². The van der Waals surface area contributed by atoms with E-state index in [0.29, 0.717) is 23.1 Å². The van der Waals surface area contributed by atoms with Crippen LogP contribution in [0.4, 0.5) is 14.5 Å². The Hall–Kier alpha value is -4.80. The molecule has 192 valence electrons. The lowest BCUT2D eigenvalue weighted by molar-refractivity contribution is -0.286. The lowest BCUT2D eigenvalue weighted by Gasteiger charge is -2.21. The van der Waals surface area contributed by atoms with Crippen molar-refractivity contribution in [3.05, 3.63) is 89.1 Å². The summed E-state index contributed by atoms with van der Waals surface area (Å²) < 4.78 is 38.9. The smallest absolute Gasteiger partial charge is 0.395 e. The number of hydrogen-bond donors (Lipinski definition) is 0. The Morgan fingerprint density at radius 3 is 2.58 bits per heavy atom. The Kier molecular flexibility index (Phi) is 5.55. The van der Waals surface area contributed by atoms with Crippen LogP contribution in [-0.2, 0) is 17.9 Å². The predicted molar refractivity (Wildman–Crippen MR) is 136 cm³/mol. The summed E-state index contributed by atoms with van der Waals surface area (Å²) in [7, 11) is 0. The number of likely N-dealkylation sites (N-methyl/N-ethyl adjacent to an activating group) is 1. The topological polar surface area (TPSA) is 91.5 Å². The van der Waals surface area contributed by atoms with Crippen molar-refractivity contribution < 1.29 is 23.0 Å². The van der Waals surface area contributed by atoms with Gasteiger partial charge in [-0.2, -0.15) is 5.10 Å². The zero-order valence-corrected chi connectivity index (χ0v) is 20.2. The van der Waals surface area contributed by atoms with E-state index in [4.69, 9.17) is 0 Å². The Balaban J connectivity index is 1.35. The molecule has 9 nitrogen and oxygen atoms in total. The maximum atomic E-state index is 13.6. The summed E-state index contributed by atoms with van der Waals surface area (Å²) in [5.41, 5.74) is 2.47. The number of halogens is 2. The SMILES string of the molecule is CCN(C(=O)Cn1ncc2c(c1=O)c1ccccc1n2Cc1ccncc1)c1ccc2c(c1)OC(F)(F)O2. The number of nitrogens with zero attached hydrogens (tertiary/aromatic N) is 5. The second kappa shape index (κ2) is 8.94. The standard InChI is InChI=1S/C27H21F2N5O4/c1-2-32(18-7-8-22-23(13-18)38-27(28,29)37-22)24(35)16-34-26(36)25-19-5-3-4-6-20(19)33(21(25)14-31-34)15-17-9-11-30-12-10-17/h3-14H,2,15-16H2,1H3. The Labute approximate surface area is 214 Å². The number of carbonyl (C=O) groups excluding carboxylic acids is 1. The number of ether oxygens (including phenoxy) is 2. The van der Waals surface area contributed by atoms with Gasteiger partial charge in [-0.1, -0.05) is 18.2 Å². The molecule has 0 radical (unpaired) electrons. The van der Waals surface area contributed by atoms with E-state index in [0.717, 1.165) is 21.1 Å². The summed E-state index contributed by atoms with van der Waals surface area (Å²) in [5.74, 6) is -0.723. The van der Waals surface area contributed by atoms with Crippen LogP contribution in [0.5, 0.6) is 11.5 Å². The first-order valence-corrected chi connectivity index (χ1v) is 11.9. The largest absolute Gasteiger partial charge is 0.586 e. The van der Waals surface area contributed by atoms with Crippen LogP contribution in [-0.4, -0.2) is 38.1 Å². The molecule has 0 fully saturated rings. The quantitative estimate of drug-likeness (QED) is 0.336. The van der Waals surface area contributed by atoms with Gasteiger partial charge in [-0.3, -0.25) is 14.6 Å². The van der Waals surface area contributed by atoms with Gasteiger partial charge in [0.25, 0.3) is 5.56 Å². The van der Waals surface area contributed by atoms with Gasteiger partial charge in [0.1, 0.15) is 6.54 Å². The van der Waals surface area contributed by atoms with Crippen LogP contribution >= 0.6 is 0 Å². The zero-order valence-electron chi connectivity index (χ0n) is 20.2. The highest BCUT2D eigenvalue weighted by atomic mass is 19.3. The highest BCUT2D eigenvalue weighted by Crippen LogP contribution is 2.42. The van der Waals surface area contributed by atoms with Gasteiger partial charge in [-0.25, -0.2) is 4.68 Å². The van der Waals surface area contributed by atoms with Crippen molar-refractivity contribution in [2.45, 2.75) is 26.3 Å². The van der Waals surface area contributed by atoms with E-state index >= 15 is 0 Å². The summed E-state index contributed by atoms with van der Waals surface area (Å²) in [6, 6.07) is 15.5. The average molecular weight is 517 g/mol. The minimum absolute atomic E-state index is 0.117. The minimum atomic E-state index is -3.76. The third-order valence-electron chi connectivity index (χ3n) is 6.47. The highest BCUT2D eigenvalue weighted by Gasteiger charge is 2.43. The molecule has 0 atom stereocenters. The second-order valence-corrected chi connectivity index (χ2v) is 8.76. The molecule has 0 saturated carbocycles. The number of para-hydroxylation sites is 1. The number of pyridine rings is 1. The van der Waals surface area contributed by atoms with Crippen molar-refractivity contribution in [3.63, 3.8) is 0 Å². The second-order valence-electron chi connectivity index (χ2n) is 8.76. The summed E-state index contributed by atoms with van der Waals surface area (Å²) in [4.78, 5) is 32.3. The molecule has 1 aliphatic rings. The number of anilines is 1. The van der Waals surface area contributed by atoms with E-state index in [1.54, 1.807) is 25.5 Å². The molecule has 0 spiro atoms. The maximum absolute atomic E-state index is 13.6. The molecule has 6 rings (SSSR count). The fourth-order valence-corrected chi connectivity index (χ4v) is 4.76. The fraction of sp³-hybridized carbons (Fsp3) is 0.185. The van der Waals surface area contributed by atoms with E-state index in [1.165, 1.54) is 23.1 Å². The summed E-state index contributed by atoms with van der Waals surface area (Å²) >= 11 is 0. The van der Waals surface area contributed by atoms with Crippen LogP contribution < -0.4 is 19.9 Å². The average Bonchev–Trinajstić information content (AvgIpc) is 3.39. The zero-order chi connectivity index (χ0) is 26.4. The third kappa shape index (κ3) is 4.01. The van der Waals surface area contributed by atoms with Gasteiger partial charge in [0.2, 0.25) is 5.91 Å². The number of aromatic nitrogens is 4. The summed E-state index contributed by atoms with van der Waals surface area (Å²) in [6.07, 6.45) is 1.26. The van der Waals surface area contributed by atoms with Crippen molar-refractivity contribution in [2.75, 3.05) is 11.4 Å². The molecule has 0 aliphatic carbocycles. The van der Waals surface area contributed by atoms with Gasteiger partial charge in [-0.05, 0) is 42.8 Å². The highest BCUT2D eigenvalue weighted by molar-refractivity contribution is 6.07. The van der Waals surface area contributed by atoms with E-state index < -0.39 is 17.8 Å². The van der Waals surface area contributed by atoms with Crippen LogP contribution in [0, 0.1) is 0 Å². The molecule has 0 saturated heterocycles. The number of carbonyl (C=O) groups is 1. The Morgan fingerprint density at radius 2 is 1.79 bits per heavy atom. The molecule has 5 aromatic rings. The van der Waals surface area contributed by atoms with Crippen LogP contribution in [0.15, 0.2) is 78.0 Å². The minimum Gasteiger partial charge on any atom is -0.395 e. The predicted octanol–water partition coefficient (Wildman–Crippen LogP) is 4.17. The van der Waals surface area contributed by atoms with Crippen molar-refractivity contribution in [1.82, 2.24) is 19.3 Å². The number of hydrogen-bond acceptors (Lipinski definition) is 6. The molecule has 38 heavy (non-hydrogen) atoms. The fourth-order valence-electron chi connectivity index (χ4n) is 4.76. The molecule has 0 N–H and O–H groups in total. The van der Waals surface area contributed by atoms with Gasteiger partial charge in [0, 0.05) is 48.1 Å². The molecule has 1 amide bonds. The number of amides is 1. The van der Waals surface area contributed by atoms with Gasteiger partial charge in [0.05, 0.1) is 17.1 Å². The molecule has 3 aromatic heterocycles. The normalized spacial score (nSPS) is 13.8. The van der Waals surface area contributed by atoms with Crippen molar-refractivity contribution in [3.8, 4) is 11.5 Å². The molecular formula is C27H21F2N5O4. The van der Waals surface area contributed by atoms with Gasteiger partial charge in [0.15, 0.2) is 11.5 Å². The molecule has 1 aliphatic heterocycles. The lowest BCUT2D eigenvalue weighted by atomic mass is 10.2. The number of benzene rings is 2. The number of alkyl halides is 2. The molecule has 4 heterocycles. The first kappa shape index (κ1) is 23.6. The van der Waals surface area contributed by atoms with E-state index in [1.807, 2.05) is 41.0 Å². The number of rotatable bonds is 6. The molecule has 2 aromatic carbocycles. The van der Waals surface area contributed by atoms with E-state index in [9.17, 15) is 18.4 Å². The van der Waals surface area contributed by atoms with Crippen molar-refractivity contribution in [2.24, 2.45) is 0 Å². The first-order chi connectivity index (χ1) is 18.3. The van der Waals surface area contributed by atoms with E-state index in [-0.39, 0.29) is 24.6 Å². The maximum Gasteiger partial charge on any atom is 0.586 e. The first-order valence-electron chi connectivity index (χ1n) is 11.9. The van der Waals surface area contributed by atoms with Gasteiger partial charge >= 0.3 is 6.29 Å². The summed E-state index contributed by atoms with van der Waals surface area (Å²) in [5, 5.41) is 5.53. The molecule has 0 unspecified atom stereocenters. The van der Waals surface area contributed by atoms with Crippen LogP contribution in [0.1, 0.15) is 12.5 Å². The monoisotopic (exact) mass is 517 g/mol. The lowest BCUT2D eigenvalue weighted by Crippen LogP contribution is -2.37. The van der Waals surface area contributed by atoms with Gasteiger partial charge in [-0.15, -0.1) is 8.78 Å². The van der Waals surface area contributed by atoms with Crippen molar-refractivity contribution in [1.29, 1.82) is 0 Å². The summed E-state index contributed by atoms with van der Waals surface area (Å²) in [6.45, 7) is 2.15. The Morgan fingerprint density at radius 1 is 1.03 bits per heavy atom. The van der Waals surface area contributed by atoms with Crippen molar-refractivity contribution >= 4 is 33.4 Å². The Bertz CT molecular complexity index is 1750. The molecular weight excluding hydrogens is 496 g/mol. The number of fused-ring (bicyclic) bond motifs is 4. The van der Waals surface area contributed by atoms with E-state index in [2.05, 4.69) is 19.6 Å².